The van der Waals surface area contributed by atoms with Crippen LogP contribution in [0.15, 0.2) is 48.5 Å². The van der Waals surface area contributed by atoms with Gasteiger partial charge in [0.25, 0.3) is 0 Å². The van der Waals surface area contributed by atoms with Crippen molar-refractivity contribution in [3.63, 3.8) is 0 Å². The summed E-state index contributed by atoms with van der Waals surface area (Å²) in [4.78, 5) is 35.6. The molecular weight excluding hydrogens is 332 g/mol. The van der Waals surface area contributed by atoms with E-state index in [4.69, 9.17) is 10.00 Å². The SMILES string of the molecule is CCCC(=O)Nc1ccc(C(=O)COC(=O)c2cccc(C#N)c2)cc1. The van der Waals surface area contributed by atoms with E-state index in [-0.39, 0.29) is 17.3 Å². The number of nitrogens with zero attached hydrogens (tertiary/aromatic N) is 1. The van der Waals surface area contributed by atoms with E-state index in [2.05, 4.69) is 5.32 Å². The minimum atomic E-state index is -0.668. The van der Waals surface area contributed by atoms with E-state index in [0.29, 0.717) is 23.2 Å². The molecule has 0 radical (unpaired) electrons. The molecule has 0 aliphatic heterocycles. The summed E-state index contributed by atoms with van der Waals surface area (Å²) in [6, 6.07) is 14.4. The first-order valence-electron chi connectivity index (χ1n) is 8.14. The van der Waals surface area contributed by atoms with E-state index in [9.17, 15) is 14.4 Å². The maximum Gasteiger partial charge on any atom is 0.338 e. The summed E-state index contributed by atoms with van der Waals surface area (Å²) in [5.41, 5.74) is 1.53. The van der Waals surface area contributed by atoms with Crippen LogP contribution in [-0.4, -0.2) is 24.3 Å². The number of ether oxygens (including phenoxy) is 1. The monoisotopic (exact) mass is 350 g/mol. The highest BCUT2D eigenvalue weighted by Crippen LogP contribution is 2.12. The van der Waals surface area contributed by atoms with Crippen LogP contribution in [0.25, 0.3) is 0 Å². The van der Waals surface area contributed by atoms with Gasteiger partial charge < -0.3 is 10.1 Å². The Kier molecular flexibility index (Phi) is 6.63. The molecule has 0 aliphatic carbocycles. The lowest BCUT2D eigenvalue weighted by Crippen LogP contribution is -2.15. The van der Waals surface area contributed by atoms with E-state index in [0.717, 1.165) is 6.42 Å². The molecule has 0 aliphatic rings. The van der Waals surface area contributed by atoms with Gasteiger partial charge in [-0.15, -0.1) is 0 Å². The van der Waals surface area contributed by atoms with Gasteiger partial charge in [0.1, 0.15) is 0 Å². The highest BCUT2D eigenvalue weighted by molar-refractivity contribution is 6.00. The van der Waals surface area contributed by atoms with Crippen LogP contribution in [0.3, 0.4) is 0 Å². The maximum atomic E-state index is 12.1. The van der Waals surface area contributed by atoms with E-state index in [1.165, 1.54) is 12.1 Å². The van der Waals surface area contributed by atoms with Crippen molar-refractivity contribution in [3.8, 4) is 6.07 Å². The van der Waals surface area contributed by atoms with Crippen LogP contribution in [0.5, 0.6) is 0 Å². The molecule has 132 valence electrons. The summed E-state index contributed by atoms with van der Waals surface area (Å²) >= 11 is 0. The lowest BCUT2D eigenvalue weighted by atomic mass is 10.1. The van der Waals surface area contributed by atoms with Crippen molar-refractivity contribution in [3.05, 3.63) is 65.2 Å². The molecular formula is C20H18N2O4. The number of hydrogen-bond acceptors (Lipinski definition) is 5. The van der Waals surface area contributed by atoms with Crippen molar-refractivity contribution in [2.75, 3.05) is 11.9 Å². The number of carbonyl (C=O) groups excluding carboxylic acids is 3. The molecule has 6 heteroatoms. The number of benzene rings is 2. The molecule has 6 nitrogen and oxygen atoms in total. The van der Waals surface area contributed by atoms with Crippen molar-refractivity contribution in [2.45, 2.75) is 19.8 Å². The molecule has 2 aromatic rings. The lowest BCUT2D eigenvalue weighted by Gasteiger charge is -2.07. The molecule has 26 heavy (non-hydrogen) atoms. The fourth-order valence-corrected chi connectivity index (χ4v) is 2.20. The van der Waals surface area contributed by atoms with Crippen molar-refractivity contribution >= 4 is 23.3 Å². The molecule has 2 rings (SSSR count). The van der Waals surface area contributed by atoms with E-state index < -0.39 is 12.6 Å². The number of esters is 1. The molecule has 0 spiro atoms. The first kappa shape index (κ1) is 18.9. The zero-order valence-corrected chi connectivity index (χ0v) is 14.3. The largest absolute Gasteiger partial charge is 0.454 e. The fourth-order valence-electron chi connectivity index (χ4n) is 2.20. The fraction of sp³-hybridized carbons (Fsp3) is 0.200. The van der Waals surface area contributed by atoms with Crippen LogP contribution in [0.2, 0.25) is 0 Å². The Bertz CT molecular complexity index is 851. The molecule has 0 saturated heterocycles. The summed E-state index contributed by atoms with van der Waals surface area (Å²) in [7, 11) is 0. The Morgan fingerprint density at radius 1 is 1.08 bits per heavy atom. The van der Waals surface area contributed by atoms with Gasteiger partial charge in [0, 0.05) is 17.7 Å². The summed E-state index contributed by atoms with van der Waals surface area (Å²) in [6.45, 7) is 1.51. The minimum Gasteiger partial charge on any atom is -0.454 e. The Morgan fingerprint density at radius 2 is 1.81 bits per heavy atom. The number of anilines is 1. The Labute approximate surface area is 151 Å². The molecule has 0 bridgehead atoms. The van der Waals surface area contributed by atoms with Crippen molar-refractivity contribution in [1.82, 2.24) is 0 Å². The van der Waals surface area contributed by atoms with Gasteiger partial charge in [-0.1, -0.05) is 13.0 Å². The molecule has 0 unspecified atom stereocenters. The van der Waals surface area contributed by atoms with Gasteiger partial charge in [-0.3, -0.25) is 9.59 Å². The van der Waals surface area contributed by atoms with Crippen molar-refractivity contribution in [2.24, 2.45) is 0 Å². The number of ketones is 1. The van der Waals surface area contributed by atoms with Gasteiger partial charge in [0.15, 0.2) is 12.4 Å². The second-order valence-electron chi connectivity index (χ2n) is 5.57. The maximum absolute atomic E-state index is 12.1. The van der Waals surface area contributed by atoms with Gasteiger partial charge >= 0.3 is 5.97 Å². The van der Waals surface area contributed by atoms with Gasteiger partial charge in [-0.2, -0.15) is 5.26 Å². The zero-order valence-electron chi connectivity index (χ0n) is 14.3. The number of rotatable bonds is 7. The molecule has 0 fully saturated rings. The van der Waals surface area contributed by atoms with Crippen LogP contribution in [0, 0.1) is 11.3 Å². The van der Waals surface area contributed by atoms with E-state index in [1.807, 2.05) is 13.0 Å². The van der Waals surface area contributed by atoms with Crippen LogP contribution in [0.4, 0.5) is 5.69 Å². The average molecular weight is 350 g/mol. The topological polar surface area (TPSA) is 96.3 Å². The standard InChI is InChI=1S/C20H18N2O4/c1-2-4-19(24)22-17-9-7-15(8-10-17)18(23)13-26-20(25)16-6-3-5-14(11-16)12-21/h3,5-11H,2,4,13H2,1H3,(H,22,24). The molecule has 0 aromatic heterocycles. The predicted molar refractivity (Wildman–Crippen MR) is 95.7 cm³/mol. The molecule has 0 atom stereocenters. The third-order valence-electron chi connectivity index (χ3n) is 3.53. The van der Waals surface area contributed by atoms with Crippen molar-refractivity contribution < 1.29 is 19.1 Å². The highest BCUT2D eigenvalue weighted by Gasteiger charge is 2.12. The molecule has 1 N–H and O–H groups in total. The molecule has 0 heterocycles. The lowest BCUT2D eigenvalue weighted by molar-refractivity contribution is -0.116. The van der Waals surface area contributed by atoms with Gasteiger partial charge in [0.2, 0.25) is 5.91 Å². The second kappa shape index (κ2) is 9.14. The Morgan fingerprint density at radius 3 is 2.46 bits per heavy atom. The molecule has 2 aromatic carbocycles. The second-order valence-corrected chi connectivity index (χ2v) is 5.57. The number of amides is 1. The van der Waals surface area contributed by atoms with Crippen LogP contribution in [0.1, 0.15) is 46.0 Å². The number of hydrogen-bond donors (Lipinski definition) is 1. The zero-order chi connectivity index (χ0) is 18.9. The quantitative estimate of drug-likeness (QED) is 0.610. The van der Waals surface area contributed by atoms with Gasteiger partial charge in [0.05, 0.1) is 17.2 Å². The summed E-state index contributed by atoms with van der Waals surface area (Å²) in [5.74, 6) is -1.11. The van der Waals surface area contributed by atoms with Gasteiger partial charge in [-0.05, 0) is 48.9 Å². The number of carbonyl (C=O) groups is 3. The highest BCUT2D eigenvalue weighted by atomic mass is 16.5. The third kappa shape index (κ3) is 5.28. The minimum absolute atomic E-state index is 0.0832. The normalized spacial score (nSPS) is 9.85. The van der Waals surface area contributed by atoms with Crippen LogP contribution in [-0.2, 0) is 9.53 Å². The van der Waals surface area contributed by atoms with Gasteiger partial charge in [-0.25, -0.2) is 4.79 Å². The van der Waals surface area contributed by atoms with Crippen LogP contribution >= 0.6 is 0 Å². The molecule has 1 amide bonds. The number of nitrogens with one attached hydrogen (secondary N) is 1. The Hall–Kier alpha value is -3.46. The average Bonchev–Trinajstić information content (AvgIpc) is 2.66. The number of Topliss-reactive ketones (excluding diaryl/α,β-unsaturated/α-hetero) is 1. The van der Waals surface area contributed by atoms with Crippen molar-refractivity contribution in [1.29, 1.82) is 5.26 Å². The van der Waals surface area contributed by atoms with Crippen LogP contribution < -0.4 is 5.32 Å². The Balaban J connectivity index is 1.92. The summed E-state index contributed by atoms with van der Waals surface area (Å²) in [5, 5.41) is 11.6. The summed E-state index contributed by atoms with van der Waals surface area (Å²) in [6.07, 6.45) is 1.19. The first-order valence-corrected chi connectivity index (χ1v) is 8.14. The molecule has 0 saturated carbocycles. The summed E-state index contributed by atoms with van der Waals surface area (Å²) < 4.78 is 5.00. The predicted octanol–water partition coefficient (Wildman–Crippen LogP) is 3.34. The van der Waals surface area contributed by atoms with E-state index >= 15 is 0 Å². The first-order chi connectivity index (χ1) is 12.5. The van der Waals surface area contributed by atoms with E-state index in [1.54, 1.807) is 36.4 Å². The smallest absolute Gasteiger partial charge is 0.338 e. The third-order valence-corrected chi connectivity index (χ3v) is 3.53. The number of nitriles is 1.